The highest BCUT2D eigenvalue weighted by atomic mass is 16.5. The maximum atomic E-state index is 11.1. The zero-order valence-electron chi connectivity index (χ0n) is 11.6. The fourth-order valence-corrected chi connectivity index (χ4v) is 2.11. The van der Waals surface area contributed by atoms with Crippen LogP contribution in [0.1, 0.15) is 15.9 Å². The Bertz CT molecular complexity index is 647. The van der Waals surface area contributed by atoms with Crippen molar-refractivity contribution in [3.63, 3.8) is 0 Å². The van der Waals surface area contributed by atoms with Crippen LogP contribution in [0, 0.1) is 6.92 Å². The number of ether oxygens (including phenoxy) is 2. The van der Waals surface area contributed by atoms with Crippen LogP contribution in [0.5, 0.6) is 11.5 Å². The van der Waals surface area contributed by atoms with Crippen molar-refractivity contribution in [2.75, 3.05) is 14.2 Å². The van der Waals surface area contributed by atoms with Crippen LogP contribution in [0.15, 0.2) is 36.4 Å². The van der Waals surface area contributed by atoms with Crippen LogP contribution in [-0.2, 0) is 0 Å². The third kappa shape index (κ3) is 2.59. The van der Waals surface area contributed by atoms with Gasteiger partial charge in [-0.1, -0.05) is 12.1 Å². The molecule has 4 heteroatoms. The standard InChI is InChI=1S/C16H16O4/c1-10-8-11(5-7-14(10)19-2)12-4-6-13(16(17)18)15(9-12)20-3/h4-9H,1-3H3,(H,17,18). The molecule has 0 saturated carbocycles. The Morgan fingerprint density at radius 2 is 1.55 bits per heavy atom. The van der Waals surface area contributed by atoms with Gasteiger partial charge in [0.25, 0.3) is 0 Å². The molecule has 0 radical (unpaired) electrons. The number of methoxy groups -OCH3 is 2. The van der Waals surface area contributed by atoms with Crippen molar-refractivity contribution >= 4 is 5.97 Å². The molecule has 0 amide bonds. The van der Waals surface area contributed by atoms with Crippen LogP contribution in [0.4, 0.5) is 0 Å². The van der Waals surface area contributed by atoms with E-state index in [4.69, 9.17) is 14.6 Å². The predicted octanol–water partition coefficient (Wildman–Crippen LogP) is 3.38. The largest absolute Gasteiger partial charge is 0.496 e. The molecule has 20 heavy (non-hydrogen) atoms. The van der Waals surface area contributed by atoms with Crippen molar-refractivity contribution in [1.29, 1.82) is 0 Å². The lowest BCUT2D eigenvalue weighted by Gasteiger charge is -2.10. The minimum atomic E-state index is -1.00. The number of hydrogen-bond donors (Lipinski definition) is 1. The molecule has 0 unspecified atom stereocenters. The predicted molar refractivity (Wildman–Crippen MR) is 76.7 cm³/mol. The van der Waals surface area contributed by atoms with Gasteiger partial charge in [0.05, 0.1) is 14.2 Å². The molecule has 2 aromatic carbocycles. The minimum Gasteiger partial charge on any atom is -0.496 e. The summed E-state index contributed by atoms with van der Waals surface area (Å²) < 4.78 is 10.4. The first-order chi connectivity index (χ1) is 9.56. The van der Waals surface area contributed by atoms with Gasteiger partial charge in [-0.2, -0.15) is 0 Å². The van der Waals surface area contributed by atoms with Crippen LogP contribution in [0.2, 0.25) is 0 Å². The summed E-state index contributed by atoms with van der Waals surface area (Å²) in [4.78, 5) is 11.1. The van der Waals surface area contributed by atoms with Crippen molar-refractivity contribution in [3.05, 3.63) is 47.5 Å². The normalized spacial score (nSPS) is 10.2. The maximum Gasteiger partial charge on any atom is 0.339 e. The molecule has 0 bridgehead atoms. The van der Waals surface area contributed by atoms with Gasteiger partial charge < -0.3 is 14.6 Å². The highest BCUT2D eigenvalue weighted by Crippen LogP contribution is 2.30. The van der Waals surface area contributed by atoms with Gasteiger partial charge >= 0.3 is 5.97 Å². The topological polar surface area (TPSA) is 55.8 Å². The van der Waals surface area contributed by atoms with Crippen LogP contribution in [0.3, 0.4) is 0 Å². The molecule has 0 saturated heterocycles. The SMILES string of the molecule is COc1ccc(-c2ccc(C(=O)O)c(OC)c2)cc1C. The first-order valence-electron chi connectivity index (χ1n) is 6.13. The van der Waals surface area contributed by atoms with E-state index in [1.165, 1.54) is 7.11 Å². The van der Waals surface area contributed by atoms with Crippen molar-refractivity contribution in [2.24, 2.45) is 0 Å². The number of benzene rings is 2. The van der Waals surface area contributed by atoms with Gasteiger partial charge in [0.2, 0.25) is 0 Å². The highest BCUT2D eigenvalue weighted by Gasteiger charge is 2.12. The maximum absolute atomic E-state index is 11.1. The van der Waals surface area contributed by atoms with Gasteiger partial charge in [-0.25, -0.2) is 4.79 Å². The molecule has 0 fully saturated rings. The summed E-state index contributed by atoms with van der Waals surface area (Å²) >= 11 is 0. The molecule has 1 N–H and O–H groups in total. The first-order valence-corrected chi connectivity index (χ1v) is 6.13. The third-order valence-corrected chi connectivity index (χ3v) is 3.16. The van der Waals surface area contributed by atoms with E-state index < -0.39 is 5.97 Å². The van der Waals surface area contributed by atoms with Gasteiger partial charge in [-0.15, -0.1) is 0 Å². The fraction of sp³-hybridized carbons (Fsp3) is 0.188. The first kappa shape index (κ1) is 13.9. The average Bonchev–Trinajstić information content (AvgIpc) is 2.46. The van der Waals surface area contributed by atoms with Crippen LogP contribution >= 0.6 is 0 Å². The summed E-state index contributed by atoms with van der Waals surface area (Å²) in [5, 5.41) is 9.07. The zero-order valence-corrected chi connectivity index (χ0v) is 11.6. The van der Waals surface area contributed by atoms with Crippen molar-refractivity contribution < 1.29 is 19.4 Å². The molecule has 0 atom stereocenters. The van der Waals surface area contributed by atoms with Gasteiger partial charge in [0.1, 0.15) is 17.1 Å². The van der Waals surface area contributed by atoms with Crippen molar-refractivity contribution in [3.8, 4) is 22.6 Å². The van der Waals surface area contributed by atoms with Crippen LogP contribution in [0.25, 0.3) is 11.1 Å². The number of aromatic carboxylic acids is 1. The molecule has 2 rings (SSSR count). The number of carbonyl (C=O) groups is 1. The van der Waals surface area contributed by atoms with Gasteiger partial charge in [0.15, 0.2) is 0 Å². The summed E-state index contributed by atoms with van der Waals surface area (Å²) in [6.45, 7) is 1.96. The molecule has 0 aliphatic heterocycles. The van der Waals surface area contributed by atoms with Gasteiger partial charge in [-0.3, -0.25) is 0 Å². The summed E-state index contributed by atoms with van der Waals surface area (Å²) in [6.07, 6.45) is 0. The quantitative estimate of drug-likeness (QED) is 0.927. The monoisotopic (exact) mass is 272 g/mol. The van der Waals surface area contributed by atoms with Gasteiger partial charge in [0, 0.05) is 0 Å². The lowest BCUT2D eigenvalue weighted by Crippen LogP contribution is -2.00. The second-order valence-electron chi connectivity index (χ2n) is 4.40. The molecule has 0 aromatic heterocycles. The van der Waals surface area contributed by atoms with E-state index in [9.17, 15) is 4.79 Å². The highest BCUT2D eigenvalue weighted by molar-refractivity contribution is 5.92. The van der Waals surface area contributed by atoms with Crippen molar-refractivity contribution in [2.45, 2.75) is 6.92 Å². The second-order valence-corrected chi connectivity index (χ2v) is 4.40. The summed E-state index contributed by atoms with van der Waals surface area (Å²) in [7, 11) is 3.09. The Balaban J connectivity index is 2.48. The minimum absolute atomic E-state index is 0.154. The van der Waals surface area contributed by atoms with Crippen LogP contribution in [-0.4, -0.2) is 25.3 Å². The smallest absolute Gasteiger partial charge is 0.339 e. The molecule has 0 aliphatic rings. The number of carboxylic acids is 1. The van der Waals surface area contributed by atoms with E-state index in [0.29, 0.717) is 5.75 Å². The van der Waals surface area contributed by atoms with Gasteiger partial charge in [-0.05, 0) is 47.9 Å². The summed E-state index contributed by atoms with van der Waals surface area (Å²) in [5.74, 6) is 0.172. The Kier molecular flexibility index (Phi) is 3.94. The van der Waals surface area contributed by atoms with E-state index in [-0.39, 0.29) is 5.56 Å². The molecule has 0 heterocycles. The molecule has 0 spiro atoms. The summed E-state index contributed by atoms with van der Waals surface area (Å²) in [5.41, 5.74) is 3.06. The molecular formula is C16H16O4. The van der Waals surface area contributed by atoms with E-state index in [1.54, 1.807) is 25.3 Å². The molecular weight excluding hydrogens is 256 g/mol. The number of carboxylic acid groups (broad SMARTS) is 1. The Labute approximate surface area is 117 Å². The van der Waals surface area contributed by atoms with Crippen molar-refractivity contribution in [1.82, 2.24) is 0 Å². The Hall–Kier alpha value is -2.49. The zero-order chi connectivity index (χ0) is 14.7. The third-order valence-electron chi connectivity index (χ3n) is 3.16. The summed E-state index contributed by atoms with van der Waals surface area (Å²) in [6, 6.07) is 10.9. The molecule has 4 nitrogen and oxygen atoms in total. The van der Waals surface area contributed by atoms with E-state index in [1.807, 2.05) is 25.1 Å². The lowest BCUT2D eigenvalue weighted by molar-refractivity contribution is 0.0693. The fourth-order valence-electron chi connectivity index (χ4n) is 2.11. The number of aryl methyl sites for hydroxylation is 1. The molecule has 2 aromatic rings. The van der Waals surface area contributed by atoms with Crippen LogP contribution < -0.4 is 9.47 Å². The number of hydrogen-bond acceptors (Lipinski definition) is 3. The second kappa shape index (κ2) is 5.65. The Morgan fingerprint density at radius 1 is 0.950 bits per heavy atom. The van der Waals surface area contributed by atoms with E-state index >= 15 is 0 Å². The van der Waals surface area contributed by atoms with E-state index in [0.717, 1.165) is 22.4 Å². The average molecular weight is 272 g/mol. The van der Waals surface area contributed by atoms with E-state index in [2.05, 4.69) is 0 Å². The lowest BCUT2D eigenvalue weighted by atomic mass is 10.0. The molecule has 104 valence electrons. The number of rotatable bonds is 4. The molecule has 0 aliphatic carbocycles. The Morgan fingerprint density at radius 3 is 2.10 bits per heavy atom.